The van der Waals surface area contributed by atoms with E-state index < -0.39 is 34.3 Å². The van der Waals surface area contributed by atoms with Crippen LogP contribution in [0.4, 0.5) is 11.4 Å². The van der Waals surface area contributed by atoms with Crippen LogP contribution in [0.1, 0.15) is 17.5 Å². The Morgan fingerprint density at radius 3 is 2.43 bits per heavy atom. The molecule has 1 aliphatic rings. The zero-order valence-corrected chi connectivity index (χ0v) is 18.5. The minimum Gasteiger partial charge on any atom is -0.322 e. The van der Waals surface area contributed by atoms with E-state index in [1.807, 2.05) is 0 Å². The molecule has 2 amide bonds. The van der Waals surface area contributed by atoms with Crippen LogP contribution in [0.2, 0.25) is 5.02 Å². The van der Waals surface area contributed by atoms with Gasteiger partial charge in [0.1, 0.15) is 6.04 Å². The van der Waals surface area contributed by atoms with E-state index in [0.29, 0.717) is 21.8 Å². The third-order valence-electron chi connectivity index (χ3n) is 4.92. The number of anilines is 2. The van der Waals surface area contributed by atoms with Crippen molar-refractivity contribution < 1.29 is 22.8 Å². The van der Waals surface area contributed by atoms with E-state index in [9.17, 15) is 18.0 Å². The number of amides is 2. The number of hydrogen-bond acceptors (Lipinski definition) is 5. The number of hydroxylamine groups is 2. The van der Waals surface area contributed by atoms with Crippen molar-refractivity contribution in [2.75, 3.05) is 23.8 Å². The molecule has 8 nitrogen and oxygen atoms in total. The van der Waals surface area contributed by atoms with Gasteiger partial charge < -0.3 is 5.32 Å². The first kappa shape index (κ1) is 22.1. The lowest BCUT2D eigenvalue weighted by molar-refractivity contribution is -0.169. The molecule has 0 bridgehead atoms. The first-order chi connectivity index (χ1) is 14.1. The molecule has 0 spiro atoms. The van der Waals surface area contributed by atoms with E-state index in [1.165, 1.54) is 14.2 Å². The number of rotatable bonds is 5. The average Bonchev–Trinajstić information content (AvgIpc) is 2.66. The van der Waals surface area contributed by atoms with Crippen LogP contribution < -0.4 is 9.62 Å². The van der Waals surface area contributed by atoms with E-state index in [0.717, 1.165) is 9.37 Å². The lowest BCUT2D eigenvalue weighted by atomic mass is 10.1. The Morgan fingerprint density at radius 1 is 1.23 bits per heavy atom. The van der Waals surface area contributed by atoms with Gasteiger partial charge in [-0.25, -0.2) is 13.5 Å². The highest BCUT2D eigenvalue weighted by Crippen LogP contribution is 2.39. The number of sulfonamides is 1. The number of carbonyl (C=O) groups excluding carboxylic acids is 2. The number of nitrogens with zero attached hydrogens (tertiary/aromatic N) is 2. The maximum Gasteiger partial charge on any atom is 0.265 e. The smallest absolute Gasteiger partial charge is 0.265 e. The van der Waals surface area contributed by atoms with Crippen LogP contribution in [0.5, 0.6) is 0 Å². The van der Waals surface area contributed by atoms with Gasteiger partial charge in [-0.2, -0.15) is 0 Å². The number of hydrogen-bond donors (Lipinski definition) is 1. The fourth-order valence-corrected chi connectivity index (χ4v) is 5.91. The van der Waals surface area contributed by atoms with Crippen molar-refractivity contribution in [3.63, 3.8) is 0 Å². The van der Waals surface area contributed by atoms with Gasteiger partial charge in [0.2, 0.25) is 11.8 Å². The van der Waals surface area contributed by atoms with Crippen LogP contribution in [0, 0.1) is 13.8 Å². The summed E-state index contributed by atoms with van der Waals surface area (Å²) >= 11 is 6.07. The molecule has 1 atom stereocenters. The average molecular weight is 452 g/mol. The molecule has 0 aromatic heterocycles. The van der Waals surface area contributed by atoms with E-state index in [4.69, 9.17) is 16.4 Å². The van der Waals surface area contributed by atoms with E-state index >= 15 is 0 Å². The summed E-state index contributed by atoms with van der Waals surface area (Å²) in [6, 6.07) is 8.37. The summed E-state index contributed by atoms with van der Waals surface area (Å²) in [5.41, 5.74) is 1.52. The lowest BCUT2D eigenvalue weighted by Gasteiger charge is -2.37. The van der Waals surface area contributed by atoms with Crippen molar-refractivity contribution in [2.45, 2.75) is 31.2 Å². The van der Waals surface area contributed by atoms with Crippen LogP contribution in [0.15, 0.2) is 41.3 Å². The van der Waals surface area contributed by atoms with Gasteiger partial charge >= 0.3 is 0 Å². The molecule has 2 aromatic rings. The Kier molecular flexibility index (Phi) is 6.07. The third-order valence-corrected chi connectivity index (χ3v) is 7.27. The predicted octanol–water partition coefficient (Wildman–Crippen LogP) is 2.88. The summed E-state index contributed by atoms with van der Waals surface area (Å²) in [6.45, 7) is 3.28. The van der Waals surface area contributed by atoms with Crippen LogP contribution in [-0.4, -0.2) is 45.5 Å². The minimum atomic E-state index is -4.21. The Bertz CT molecular complexity index is 1100. The summed E-state index contributed by atoms with van der Waals surface area (Å²) in [5, 5.41) is 4.05. The van der Waals surface area contributed by atoms with Gasteiger partial charge in [0, 0.05) is 12.1 Å². The van der Waals surface area contributed by atoms with E-state index in [1.54, 1.807) is 50.2 Å². The number of benzene rings is 2. The molecule has 0 saturated heterocycles. The molecular formula is C20H22ClN3O5S. The van der Waals surface area contributed by atoms with E-state index in [2.05, 4.69) is 5.32 Å². The summed E-state index contributed by atoms with van der Waals surface area (Å²) in [4.78, 5) is 30.3. The molecule has 1 N–H and O–H groups in total. The first-order valence-corrected chi connectivity index (χ1v) is 10.9. The summed E-state index contributed by atoms with van der Waals surface area (Å²) < 4.78 is 28.7. The SMILES string of the molecule is CON(C)C(=O)CC1C(=O)Nc2ccccc2N1S(=O)(=O)c1c(C)cc(Cl)cc1C. The Morgan fingerprint density at radius 2 is 1.83 bits per heavy atom. The largest absolute Gasteiger partial charge is 0.322 e. The number of halogens is 1. The lowest BCUT2D eigenvalue weighted by Crippen LogP contribution is -2.53. The zero-order valence-electron chi connectivity index (χ0n) is 17.0. The Hall–Kier alpha value is -2.62. The van der Waals surface area contributed by atoms with Crippen molar-refractivity contribution in [1.29, 1.82) is 0 Å². The molecule has 1 unspecified atom stereocenters. The van der Waals surface area contributed by atoms with Crippen molar-refractivity contribution >= 4 is 44.8 Å². The highest BCUT2D eigenvalue weighted by atomic mass is 35.5. The molecule has 0 aliphatic carbocycles. The molecule has 1 heterocycles. The van der Waals surface area contributed by atoms with Gasteiger partial charge in [0.15, 0.2) is 0 Å². The fourth-order valence-electron chi connectivity index (χ4n) is 3.53. The standard InChI is InChI=1S/C20H22ClN3O5S/c1-12-9-14(21)10-13(2)19(12)30(27,28)24-16-8-6-5-7-15(16)22-20(26)17(24)11-18(25)23(3)29-4/h5-10,17H,11H2,1-4H3,(H,22,26). The zero-order chi connectivity index (χ0) is 22.2. The molecule has 30 heavy (non-hydrogen) atoms. The molecule has 10 heteroatoms. The monoisotopic (exact) mass is 451 g/mol. The van der Waals surface area contributed by atoms with Crippen molar-refractivity contribution in [1.82, 2.24) is 5.06 Å². The minimum absolute atomic E-state index is 0.0500. The van der Waals surface area contributed by atoms with Crippen molar-refractivity contribution in [3.8, 4) is 0 Å². The van der Waals surface area contributed by atoms with Crippen LogP contribution in [0.3, 0.4) is 0 Å². The second kappa shape index (κ2) is 8.25. The van der Waals surface area contributed by atoms with Gasteiger partial charge in [0.25, 0.3) is 10.0 Å². The number of nitrogens with one attached hydrogen (secondary N) is 1. The Balaban J connectivity index is 2.20. The topological polar surface area (TPSA) is 96.0 Å². The van der Waals surface area contributed by atoms with Crippen LogP contribution in [0.25, 0.3) is 0 Å². The van der Waals surface area contributed by atoms with Gasteiger partial charge in [-0.15, -0.1) is 0 Å². The molecule has 0 saturated carbocycles. The summed E-state index contributed by atoms with van der Waals surface area (Å²) in [5.74, 6) is -1.14. The molecule has 3 rings (SSSR count). The number of fused-ring (bicyclic) bond motifs is 1. The predicted molar refractivity (Wildman–Crippen MR) is 114 cm³/mol. The Labute approximate surface area is 180 Å². The molecule has 2 aromatic carbocycles. The van der Waals surface area contributed by atoms with Gasteiger partial charge in [-0.05, 0) is 49.2 Å². The maximum atomic E-state index is 13.8. The molecular weight excluding hydrogens is 430 g/mol. The van der Waals surface area contributed by atoms with Gasteiger partial charge in [-0.1, -0.05) is 23.7 Å². The van der Waals surface area contributed by atoms with Crippen LogP contribution in [-0.2, 0) is 24.4 Å². The second-order valence-electron chi connectivity index (χ2n) is 6.97. The summed E-state index contributed by atoms with van der Waals surface area (Å²) in [7, 11) is -1.51. The molecule has 0 fully saturated rings. The van der Waals surface area contributed by atoms with Gasteiger partial charge in [0.05, 0.1) is 29.8 Å². The third kappa shape index (κ3) is 3.88. The van der Waals surface area contributed by atoms with Crippen LogP contribution >= 0.6 is 11.6 Å². The highest BCUT2D eigenvalue weighted by Gasteiger charge is 2.43. The van der Waals surface area contributed by atoms with Crippen molar-refractivity contribution in [2.24, 2.45) is 0 Å². The van der Waals surface area contributed by atoms with E-state index in [-0.39, 0.29) is 10.6 Å². The molecule has 160 valence electrons. The molecule has 1 aliphatic heterocycles. The highest BCUT2D eigenvalue weighted by molar-refractivity contribution is 7.93. The number of aryl methyl sites for hydroxylation is 2. The maximum absolute atomic E-state index is 13.8. The quantitative estimate of drug-likeness (QED) is 0.705. The molecule has 0 radical (unpaired) electrons. The summed E-state index contributed by atoms with van der Waals surface area (Å²) in [6.07, 6.45) is -0.393. The van der Waals surface area contributed by atoms with Gasteiger partial charge in [-0.3, -0.25) is 18.7 Å². The normalized spacial score (nSPS) is 16.1. The fraction of sp³-hybridized carbons (Fsp3) is 0.300. The van der Waals surface area contributed by atoms with Crippen molar-refractivity contribution in [3.05, 3.63) is 52.5 Å². The number of carbonyl (C=O) groups is 2. The first-order valence-electron chi connectivity index (χ1n) is 9.09. The number of para-hydroxylation sites is 2. The second-order valence-corrected chi connectivity index (χ2v) is 9.16.